The van der Waals surface area contributed by atoms with Gasteiger partial charge in [0.25, 0.3) is 0 Å². The minimum absolute atomic E-state index is 0.590. The van der Waals surface area contributed by atoms with Crippen molar-refractivity contribution in [2.24, 2.45) is 0 Å². The second-order valence-corrected chi connectivity index (χ2v) is 4.47. The Hall–Kier alpha value is -1.06. The molecule has 0 atom stereocenters. The third kappa shape index (κ3) is 6.43. The summed E-state index contributed by atoms with van der Waals surface area (Å²) in [5, 5.41) is 12.7. The Morgan fingerprint density at radius 1 is 1.19 bits per heavy atom. The highest BCUT2D eigenvalue weighted by Crippen LogP contribution is 2.07. The lowest BCUT2D eigenvalue weighted by molar-refractivity contribution is 0.0709. The van der Waals surface area contributed by atoms with Crippen LogP contribution in [0.15, 0.2) is 30.3 Å². The highest BCUT2D eigenvalue weighted by atomic mass is 16.5. The van der Waals surface area contributed by atoms with E-state index in [1.807, 2.05) is 44.2 Å². The molecule has 0 saturated carbocycles. The van der Waals surface area contributed by atoms with Gasteiger partial charge in [0, 0.05) is 6.54 Å². The van der Waals surface area contributed by atoms with Crippen LogP contribution in [0.3, 0.4) is 0 Å². The van der Waals surface area contributed by atoms with Gasteiger partial charge >= 0.3 is 0 Å². The van der Waals surface area contributed by atoms with Gasteiger partial charge in [-0.1, -0.05) is 18.2 Å². The van der Waals surface area contributed by atoms with Gasteiger partial charge in [-0.25, -0.2) is 0 Å². The van der Waals surface area contributed by atoms with Crippen LogP contribution in [0, 0.1) is 0 Å². The van der Waals surface area contributed by atoms with Crippen LogP contribution in [0.4, 0.5) is 0 Å². The first-order valence-electron chi connectivity index (χ1n) is 5.69. The van der Waals surface area contributed by atoms with E-state index in [1.165, 1.54) is 0 Å². The molecule has 0 heterocycles. The summed E-state index contributed by atoms with van der Waals surface area (Å²) in [5.41, 5.74) is -0.590. The molecule has 0 fully saturated rings. The standard InChI is InChI=1S/C13H21NO2/c1-13(2,15)8-9-14-10-11-16-12-6-4-3-5-7-12/h3-7,14-15H,8-11H2,1-2H3. The minimum atomic E-state index is -0.590. The Morgan fingerprint density at radius 2 is 1.88 bits per heavy atom. The van der Waals surface area contributed by atoms with Crippen LogP contribution in [-0.2, 0) is 0 Å². The van der Waals surface area contributed by atoms with Crippen molar-refractivity contribution in [3.05, 3.63) is 30.3 Å². The van der Waals surface area contributed by atoms with E-state index < -0.39 is 5.60 Å². The molecule has 3 nitrogen and oxygen atoms in total. The molecule has 90 valence electrons. The molecule has 16 heavy (non-hydrogen) atoms. The quantitative estimate of drug-likeness (QED) is 0.693. The smallest absolute Gasteiger partial charge is 0.119 e. The van der Waals surface area contributed by atoms with Crippen molar-refractivity contribution in [1.29, 1.82) is 0 Å². The number of benzene rings is 1. The monoisotopic (exact) mass is 223 g/mol. The average molecular weight is 223 g/mol. The van der Waals surface area contributed by atoms with Crippen molar-refractivity contribution in [3.63, 3.8) is 0 Å². The number of para-hydroxylation sites is 1. The van der Waals surface area contributed by atoms with E-state index in [0.717, 1.165) is 25.3 Å². The molecule has 0 unspecified atom stereocenters. The number of aliphatic hydroxyl groups is 1. The Kier molecular flexibility index (Phi) is 5.29. The van der Waals surface area contributed by atoms with Crippen LogP contribution in [0.5, 0.6) is 5.75 Å². The molecule has 0 saturated heterocycles. The number of rotatable bonds is 7. The molecule has 2 N–H and O–H groups in total. The summed E-state index contributed by atoms with van der Waals surface area (Å²) in [5.74, 6) is 0.895. The summed E-state index contributed by atoms with van der Waals surface area (Å²) in [6, 6.07) is 9.76. The van der Waals surface area contributed by atoms with Gasteiger partial charge in [-0.05, 0) is 38.9 Å². The number of hydrogen-bond donors (Lipinski definition) is 2. The lowest BCUT2D eigenvalue weighted by Crippen LogP contribution is -2.29. The maximum atomic E-state index is 9.48. The fraction of sp³-hybridized carbons (Fsp3) is 0.538. The zero-order chi connectivity index (χ0) is 11.9. The topological polar surface area (TPSA) is 41.5 Å². The summed E-state index contributed by atoms with van der Waals surface area (Å²) in [6.45, 7) is 5.88. The summed E-state index contributed by atoms with van der Waals surface area (Å²) in [6.07, 6.45) is 0.748. The van der Waals surface area contributed by atoms with E-state index in [4.69, 9.17) is 4.74 Å². The third-order valence-corrected chi connectivity index (χ3v) is 2.20. The predicted molar refractivity (Wildman–Crippen MR) is 65.7 cm³/mol. The van der Waals surface area contributed by atoms with Crippen molar-refractivity contribution >= 4 is 0 Å². The van der Waals surface area contributed by atoms with Crippen molar-refractivity contribution in [2.45, 2.75) is 25.9 Å². The van der Waals surface area contributed by atoms with E-state index >= 15 is 0 Å². The second kappa shape index (κ2) is 6.51. The molecule has 0 aliphatic heterocycles. The molecule has 0 amide bonds. The molecule has 0 aliphatic rings. The summed E-state index contributed by atoms with van der Waals surface area (Å²) < 4.78 is 5.51. The van der Waals surface area contributed by atoms with Crippen LogP contribution < -0.4 is 10.1 Å². The summed E-state index contributed by atoms with van der Waals surface area (Å²) in [7, 11) is 0. The van der Waals surface area contributed by atoms with Crippen LogP contribution in [0.25, 0.3) is 0 Å². The molecule has 0 aromatic heterocycles. The normalized spacial score (nSPS) is 11.4. The zero-order valence-electron chi connectivity index (χ0n) is 10.1. The number of nitrogens with one attached hydrogen (secondary N) is 1. The maximum absolute atomic E-state index is 9.48. The van der Waals surface area contributed by atoms with Crippen LogP contribution in [0.2, 0.25) is 0 Å². The molecule has 0 spiro atoms. The van der Waals surface area contributed by atoms with E-state index in [9.17, 15) is 5.11 Å². The molecule has 1 aromatic carbocycles. The third-order valence-electron chi connectivity index (χ3n) is 2.20. The van der Waals surface area contributed by atoms with Crippen LogP contribution in [-0.4, -0.2) is 30.4 Å². The first-order chi connectivity index (χ1) is 7.58. The number of ether oxygens (including phenoxy) is 1. The van der Waals surface area contributed by atoms with Gasteiger partial charge < -0.3 is 15.2 Å². The molecular weight excluding hydrogens is 202 g/mol. The van der Waals surface area contributed by atoms with Gasteiger partial charge in [0.1, 0.15) is 12.4 Å². The molecule has 3 heteroatoms. The van der Waals surface area contributed by atoms with Crippen LogP contribution in [0.1, 0.15) is 20.3 Å². The molecule has 1 aromatic rings. The lowest BCUT2D eigenvalue weighted by Gasteiger charge is -2.17. The molecule has 0 radical (unpaired) electrons. The van der Waals surface area contributed by atoms with E-state index in [-0.39, 0.29) is 0 Å². The van der Waals surface area contributed by atoms with Gasteiger partial charge in [0.2, 0.25) is 0 Å². The van der Waals surface area contributed by atoms with Gasteiger partial charge in [0.15, 0.2) is 0 Å². The largest absolute Gasteiger partial charge is 0.492 e. The summed E-state index contributed by atoms with van der Waals surface area (Å²) in [4.78, 5) is 0. The molecule has 0 aliphatic carbocycles. The molecule has 0 bridgehead atoms. The first-order valence-corrected chi connectivity index (χ1v) is 5.69. The SMILES string of the molecule is CC(C)(O)CCNCCOc1ccccc1. The highest BCUT2D eigenvalue weighted by Gasteiger charge is 2.10. The fourth-order valence-corrected chi connectivity index (χ4v) is 1.28. The Labute approximate surface area is 97.4 Å². The van der Waals surface area contributed by atoms with Crippen molar-refractivity contribution in [2.75, 3.05) is 19.7 Å². The van der Waals surface area contributed by atoms with Crippen LogP contribution >= 0.6 is 0 Å². The average Bonchev–Trinajstić information content (AvgIpc) is 2.23. The fourth-order valence-electron chi connectivity index (χ4n) is 1.28. The van der Waals surface area contributed by atoms with Gasteiger partial charge in [-0.3, -0.25) is 0 Å². The van der Waals surface area contributed by atoms with E-state index in [0.29, 0.717) is 6.61 Å². The molecule has 1 rings (SSSR count). The Bertz CT molecular complexity index is 280. The van der Waals surface area contributed by atoms with Crippen molar-refractivity contribution < 1.29 is 9.84 Å². The molecular formula is C13H21NO2. The van der Waals surface area contributed by atoms with Crippen molar-refractivity contribution in [1.82, 2.24) is 5.32 Å². The number of hydrogen-bond acceptors (Lipinski definition) is 3. The maximum Gasteiger partial charge on any atom is 0.119 e. The van der Waals surface area contributed by atoms with Gasteiger partial charge in [-0.2, -0.15) is 0 Å². The highest BCUT2D eigenvalue weighted by molar-refractivity contribution is 5.20. The predicted octanol–water partition coefficient (Wildman–Crippen LogP) is 1.82. The van der Waals surface area contributed by atoms with E-state index in [2.05, 4.69) is 5.32 Å². The van der Waals surface area contributed by atoms with Crippen molar-refractivity contribution in [3.8, 4) is 5.75 Å². The Balaban J connectivity index is 2.01. The van der Waals surface area contributed by atoms with Gasteiger partial charge in [0.05, 0.1) is 5.60 Å². The minimum Gasteiger partial charge on any atom is -0.492 e. The van der Waals surface area contributed by atoms with E-state index in [1.54, 1.807) is 0 Å². The second-order valence-electron chi connectivity index (χ2n) is 4.47. The Morgan fingerprint density at radius 3 is 2.50 bits per heavy atom. The zero-order valence-corrected chi connectivity index (χ0v) is 10.1. The first kappa shape index (κ1) is 13.0. The van der Waals surface area contributed by atoms with Gasteiger partial charge in [-0.15, -0.1) is 0 Å². The lowest BCUT2D eigenvalue weighted by atomic mass is 10.1. The summed E-state index contributed by atoms with van der Waals surface area (Å²) >= 11 is 0.